The predicted molar refractivity (Wildman–Crippen MR) is 80.8 cm³/mol. The van der Waals surface area contributed by atoms with Crippen LogP contribution in [-0.2, 0) is 6.54 Å². The highest BCUT2D eigenvalue weighted by Crippen LogP contribution is 2.29. The van der Waals surface area contributed by atoms with E-state index in [2.05, 4.69) is 31.3 Å². The van der Waals surface area contributed by atoms with Crippen molar-refractivity contribution in [2.45, 2.75) is 65.0 Å². The topological polar surface area (TPSA) is 21.3 Å². The first-order chi connectivity index (χ1) is 9.20. The second-order valence-corrected chi connectivity index (χ2v) is 5.82. The summed E-state index contributed by atoms with van der Waals surface area (Å²) in [5.41, 5.74) is 3.88. The van der Waals surface area contributed by atoms with Gasteiger partial charge in [-0.25, -0.2) is 0 Å². The lowest BCUT2D eigenvalue weighted by Gasteiger charge is -2.21. The van der Waals surface area contributed by atoms with Crippen LogP contribution in [0.4, 0.5) is 0 Å². The Morgan fingerprint density at radius 1 is 1.05 bits per heavy atom. The zero-order chi connectivity index (χ0) is 13.7. The van der Waals surface area contributed by atoms with E-state index in [1.807, 2.05) is 7.05 Å². The van der Waals surface area contributed by atoms with Gasteiger partial charge < -0.3 is 10.1 Å². The van der Waals surface area contributed by atoms with Gasteiger partial charge in [-0.2, -0.15) is 0 Å². The largest absolute Gasteiger partial charge is 0.490 e. The van der Waals surface area contributed by atoms with Crippen molar-refractivity contribution in [1.29, 1.82) is 0 Å². The highest BCUT2D eigenvalue weighted by atomic mass is 16.5. The van der Waals surface area contributed by atoms with Crippen LogP contribution in [-0.4, -0.2) is 13.2 Å². The molecule has 2 rings (SSSR count). The van der Waals surface area contributed by atoms with E-state index in [4.69, 9.17) is 4.74 Å². The molecule has 2 nitrogen and oxygen atoms in total. The van der Waals surface area contributed by atoms with Gasteiger partial charge in [0.25, 0.3) is 0 Å². The molecule has 0 aliphatic heterocycles. The van der Waals surface area contributed by atoms with Gasteiger partial charge >= 0.3 is 0 Å². The van der Waals surface area contributed by atoms with Gasteiger partial charge in [-0.15, -0.1) is 0 Å². The molecular formula is C17H27NO. The van der Waals surface area contributed by atoms with E-state index in [1.165, 1.54) is 55.2 Å². The molecule has 0 radical (unpaired) electrons. The quantitative estimate of drug-likeness (QED) is 0.823. The average molecular weight is 261 g/mol. The first-order valence-corrected chi connectivity index (χ1v) is 7.62. The highest BCUT2D eigenvalue weighted by molar-refractivity contribution is 5.43. The van der Waals surface area contributed by atoms with E-state index >= 15 is 0 Å². The molecule has 1 aliphatic carbocycles. The van der Waals surface area contributed by atoms with Crippen molar-refractivity contribution in [3.05, 3.63) is 28.8 Å². The molecule has 2 heteroatoms. The molecule has 0 spiro atoms. The van der Waals surface area contributed by atoms with Gasteiger partial charge in [-0.05, 0) is 63.3 Å². The Bertz CT molecular complexity index is 383. The van der Waals surface area contributed by atoms with Crippen LogP contribution in [0.2, 0.25) is 0 Å². The lowest BCUT2D eigenvalue weighted by molar-refractivity contribution is 0.181. The second kappa shape index (κ2) is 6.95. The predicted octanol–water partition coefficient (Wildman–Crippen LogP) is 4.12. The van der Waals surface area contributed by atoms with Gasteiger partial charge in [0, 0.05) is 6.54 Å². The van der Waals surface area contributed by atoms with Gasteiger partial charge in [0.2, 0.25) is 0 Å². The molecule has 106 valence electrons. The van der Waals surface area contributed by atoms with Crippen molar-refractivity contribution in [2.75, 3.05) is 7.05 Å². The summed E-state index contributed by atoms with van der Waals surface area (Å²) in [5.74, 6) is 1.12. The standard InChI is InChI=1S/C17H27NO/c1-13-10-15(12-18-3)11-14(2)17(13)19-16-8-6-4-5-7-9-16/h10-11,16,18H,4-9,12H2,1-3H3. The Morgan fingerprint density at radius 2 is 1.63 bits per heavy atom. The fourth-order valence-corrected chi connectivity index (χ4v) is 3.06. The number of aryl methyl sites for hydroxylation is 2. The first-order valence-electron chi connectivity index (χ1n) is 7.62. The van der Waals surface area contributed by atoms with Gasteiger partial charge in [0.05, 0.1) is 6.10 Å². The summed E-state index contributed by atoms with van der Waals surface area (Å²) >= 11 is 0. The van der Waals surface area contributed by atoms with Crippen molar-refractivity contribution in [3.63, 3.8) is 0 Å². The molecule has 1 aliphatic rings. The summed E-state index contributed by atoms with van der Waals surface area (Å²) in [7, 11) is 1.99. The molecule has 0 bridgehead atoms. The lowest BCUT2D eigenvalue weighted by Crippen LogP contribution is -2.16. The maximum Gasteiger partial charge on any atom is 0.125 e. The number of nitrogens with one attached hydrogen (secondary N) is 1. The monoisotopic (exact) mass is 261 g/mol. The number of hydrogen-bond donors (Lipinski definition) is 1. The molecule has 1 N–H and O–H groups in total. The highest BCUT2D eigenvalue weighted by Gasteiger charge is 2.16. The molecule has 0 saturated heterocycles. The summed E-state index contributed by atoms with van der Waals surface area (Å²) in [6.45, 7) is 5.25. The Hall–Kier alpha value is -1.02. The van der Waals surface area contributed by atoms with E-state index in [-0.39, 0.29) is 0 Å². The van der Waals surface area contributed by atoms with Gasteiger partial charge in [-0.1, -0.05) is 25.0 Å². The van der Waals surface area contributed by atoms with Crippen LogP contribution in [0.3, 0.4) is 0 Å². The van der Waals surface area contributed by atoms with E-state index in [0.717, 1.165) is 12.3 Å². The summed E-state index contributed by atoms with van der Waals surface area (Å²) in [5, 5.41) is 3.21. The Labute approximate surface area is 117 Å². The first kappa shape index (κ1) is 14.4. The number of benzene rings is 1. The molecule has 1 aromatic carbocycles. The molecule has 1 aromatic rings. The van der Waals surface area contributed by atoms with Gasteiger partial charge in [-0.3, -0.25) is 0 Å². The molecule has 1 fully saturated rings. The van der Waals surface area contributed by atoms with Crippen LogP contribution in [0.1, 0.15) is 55.2 Å². The van der Waals surface area contributed by atoms with Crippen LogP contribution in [0.25, 0.3) is 0 Å². The van der Waals surface area contributed by atoms with Crippen molar-refractivity contribution in [1.82, 2.24) is 5.32 Å². The summed E-state index contributed by atoms with van der Waals surface area (Å²) in [6, 6.07) is 4.49. The van der Waals surface area contributed by atoms with E-state index in [0.29, 0.717) is 6.10 Å². The van der Waals surface area contributed by atoms with Crippen LogP contribution < -0.4 is 10.1 Å². The van der Waals surface area contributed by atoms with Crippen molar-refractivity contribution in [2.24, 2.45) is 0 Å². The minimum atomic E-state index is 0.426. The fourth-order valence-electron chi connectivity index (χ4n) is 3.06. The summed E-state index contributed by atoms with van der Waals surface area (Å²) in [4.78, 5) is 0. The fraction of sp³-hybridized carbons (Fsp3) is 0.647. The third-order valence-corrected chi connectivity index (χ3v) is 3.99. The zero-order valence-corrected chi connectivity index (χ0v) is 12.6. The summed E-state index contributed by atoms with van der Waals surface area (Å²) < 4.78 is 6.31. The van der Waals surface area contributed by atoms with E-state index < -0.39 is 0 Å². The average Bonchev–Trinajstić information content (AvgIpc) is 2.63. The van der Waals surface area contributed by atoms with Crippen LogP contribution >= 0.6 is 0 Å². The second-order valence-electron chi connectivity index (χ2n) is 5.82. The van der Waals surface area contributed by atoms with Gasteiger partial charge in [0.15, 0.2) is 0 Å². The SMILES string of the molecule is CNCc1cc(C)c(OC2CCCCCC2)c(C)c1. The third kappa shape index (κ3) is 3.97. The minimum absolute atomic E-state index is 0.426. The molecule has 0 atom stereocenters. The van der Waals surface area contributed by atoms with E-state index in [9.17, 15) is 0 Å². The van der Waals surface area contributed by atoms with Crippen LogP contribution in [0, 0.1) is 13.8 Å². The number of ether oxygens (including phenoxy) is 1. The van der Waals surface area contributed by atoms with Crippen molar-refractivity contribution >= 4 is 0 Å². The van der Waals surface area contributed by atoms with Crippen LogP contribution in [0.5, 0.6) is 5.75 Å². The maximum atomic E-state index is 6.31. The van der Waals surface area contributed by atoms with Crippen LogP contribution in [0.15, 0.2) is 12.1 Å². The van der Waals surface area contributed by atoms with Gasteiger partial charge in [0.1, 0.15) is 5.75 Å². The smallest absolute Gasteiger partial charge is 0.125 e. The molecule has 0 amide bonds. The molecule has 0 heterocycles. The Morgan fingerprint density at radius 3 is 2.16 bits per heavy atom. The lowest BCUT2D eigenvalue weighted by atomic mass is 10.0. The maximum absolute atomic E-state index is 6.31. The Balaban J connectivity index is 2.10. The number of hydrogen-bond acceptors (Lipinski definition) is 2. The minimum Gasteiger partial charge on any atom is -0.490 e. The van der Waals surface area contributed by atoms with Crippen molar-refractivity contribution in [3.8, 4) is 5.75 Å². The Kier molecular flexibility index (Phi) is 5.26. The molecule has 0 unspecified atom stereocenters. The molecular weight excluding hydrogens is 234 g/mol. The molecule has 0 aromatic heterocycles. The molecule has 1 saturated carbocycles. The normalized spacial score (nSPS) is 17.2. The zero-order valence-electron chi connectivity index (χ0n) is 12.6. The summed E-state index contributed by atoms with van der Waals surface area (Å²) in [6.07, 6.45) is 8.25. The number of rotatable bonds is 4. The molecule has 19 heavy (non-hydrogen) atoms. The van der Waals surface area contributed by atoms with E-state index in [1.54, 1.807) is 0 Å². The third-order valence-electron chi connectivity index (χ3n) is 3.99. The van der Waals surface area contributed by atoms with Crippen molar-refractivity contribution < 1.29 is 4.74 Å².